The van der Waals surface area contributed by atoms with Gasteiger partial charge in [0.15, 0.2) is 0 Å². The Morgan fingerprint density at radius 3 is 2.40 bits per heavy atom. The van der Waals surface area contributed by atoms with Crippen LogP contribution in [0.2, 0.25) is 0 Å². The van der Waals surface area contributed by atoms with E-state index in [1.165, 1.54) is 0 Å². The van der Waals surface area contributed by atoms with Crippen molar-refractivity contribution in [3.05, 3.63) is 35.9 Å². The van der Waals surface area contributed by atoms with Crippen LogP contribution in [0.15, 0.2) is 30.3 Å². The lowest BCUT2D eigenvalue weighted by Crippen LogP contribution is -2.38. The maximum atomic E-state index is 12.4. The first-order chi connectivity index (χ1) is 9.33. The van der Waals surface area contributed by atoms with Crippen LogP contribution in [-0.2, 0) is 10.2 Å². The number of nitrogens with one attached hydrogen (secondary N) is 1. The fourth-order valence-corrected chi connectivity index (χ4v) is 3.18. The number of halogens is 1. The Kier molecular flexibility index (Phi) is 4.43. The van der Waals surface area contributed by atoms with Gasteiger partial charge in [-0.05, 0) is 30.2 Å². The molecule has 1 aromatic rings. The first-order valence-electron chi connectivity index (χ1n) is 7.31. The van der Waals surface area contributed by atoms with Crippen molar-refractivity contribution in [2.75, 3.05) is 6.54 Å². The second-order valence-electron chi connectivity index (χ2n) is 7.02. The van der Waals surface area contributed by atoms with Crippen molar-refractivity contribution in [2.24, 2.45) is 5.41 Å². The van der Waals surface area contributed by atoms with E-state index in [2.05, 4.69) is 26.1 Å². The lowest BCUT2D eigenvalue weighted by Gasteiger charge is -2.23. The normalized spacial score (nSPS) is 18.4. The fourth-order valence-electron chi connectivity index (χ4n) is 2.64. The summed E-state index contributed by atoms with van der Waals surface area (Å²) < 4.78 is 0. The standard InChI is InChI=1S/C17H24ClNO/c1-16(2,3)11-14(18)12-19-15(20)17(9-10-17)13-7-5-4-6-8-13/h4-8,14H,9-12H2,1-3H3,(H,19,20). The summed E-state index contributed by atoms with van der Waals surface area (Å²) in [6, 6.07) is 10.1. The van der Waals surface area contributed by atoms with E-state index < -0.39 is 0 Å². The molecule has 1 unspecified atom stereocenters. The van der Waals surface area contributed by atoms with Crippen LogP contribution in [0, 0.1) is 5.41 Å². The average molecular weight is 294 g/mol. The van der Waals surface area contributed by atoms with Gasteiger partial charge in [0.1, 0.15) is 0 Å². The van der Waals surface area contributed by atoms with Crippen molar-refractivity contribution >= 4 is 17.5 Å². The molecule has 1 atom stereocenters. The molecule has 0 aliphatic heterocycles. The highest BCUT2D eigenvalue weighted by Crippen LogP contribution is 2.48. The Morgan fingerprint density at radius 1 is 1.30 bits per heavy atom. The molecule has 0 heterocycles. The number of carbonyl (C=O) groups excluding carboxylic acids is 1. The topological polar surface area (TPSA) is 29.1 Å². The third-order valence-corrected chi connectivity index (χ3v) is 4.14. The van der Waals surface area contributed by atoms with Crippen molar-refractivity contribution in [1.29, 1.82) is 0 Å². The average Bonchev–Trinajstić information content (AvgIpc) is 3.16. The number of hydrogen-bond acceptors (Lipinski definition) is 1. The highest BCUT2D eigenvalue weighted by atomic mass is 35.5. The zero-order valence-corrected chi connectivity index (χ0v) is 13.3. The van der Waals surface area contributed by atoms with Gasteiger partial charge in [0.25, 0.3) is 0 Å². The predicted molar refractivity (Wildman–Crippen MR) is 84.1 cm³/mol. The summed E-state index contributed by atoms with van der Waals surface area (Å²) in [4.78, 5) is 12.4. The molecule has 1 amide bonds. The summed E-state index contributed by atoms with van der Waals surface area (Å²) in [5.41, 5.74) is 1.02. The van der Waals surface area contributed by atoms with E-state index in [0.717, 1.165) is 24.8 Å². The quantitative estimate of drug-likeness (QED) is 0.820. The number of benzene rings is 1. The molecule has 1 saturated carbocycles. The van der Waals surface area contributed by atoms with Crippen LogP contribution in [0.5, 0.6) is 0 Å². The number of rotatable bonds is 5. The van der Waals surface area contributed by atoms with Crippen LogP contribution in [-0.4, -0.2) is 17.8 Å². The number of carbonyl (C=O) groups is 1. The van der Waals surface area contributed by atoms with Crippen LogP contribution in [0.25, 0.3) is 0 Å². The van der Waals surface area contributed by atoms with Gasteiger partial charge >= 0.3 is 0 Å². The van der Waals surface area contributed by atoms with Crippen molar-refractivity contribution in [2.45, 2.75) is 50.8 Å². The molecule has 1 aliphatic carbocycles. The second kappa shape index (κ2) is 5.77. The van der Waals surface area contributed by atoms with Crippen molar-refractivity contribution < 1.29 is 4.79 Å². The van der Waals surface area contributed by atoms with Gasteiger partial charge in [-0.3, -0.25) is 4.79 Å². The molecule has 2 nitrogen and oxygen atoms in total. The van der Waals surface area contributed by atoms with Crippen LogP contribution < -0.4 is 5.32 Å². The molecule has 20 heavy (non-hydrogen) atoms. The second-order valence-corrected chi connectivity index (χ2v) is 7.64. The summed E-state index contributed by atoms with van der Waals surface area (Å²) in [6.45, 7) is 7.04. The molecule has 0 radical (unpaired) electrons. The molecule has 2 rings (SSSR count). The monoisotopic (exact) mass is 293 g/mol. The minimum absolute atomic E-state index is 0.00877. The SMILES string of the molecule is CC(C)(C)CC(Cl)CNC(=O)C1(c2ccccc2)CC1. The van der Waals surface area contributed by atoms with Gasteiger partial charge in [0.05, 0.1) is 10.8 Å². The van der Waals surface area contributed by atoms with Crippen molar-refractivity contribution in [1.82, 2.24) is 5.32 Å². The minimum atomic E-state index is -0.292. The van der Waals surface area contributed by atoms with Gasteiger partial charge in [-0.2, -0.15) is 0 Å². The molecule has 3 heteroatoms. The Bertz CT molecular complexity index is 460. The third kappa shape index (κ3) is 3.76. The first-order valence-corrected chi connectivity index (χ1v) is 7.75. The molecule has 1 N–H and O–H groups in total. The maximum Gasteiger partial charge on any atom is 0.230 e. The van der Waals surface area contributed by atoms with E-state index in [1.807, 2.05) is 30.3 Å². The Morgan fingerprint density at radius 2 is 1.90 bits per heavy atom. The van der Waals surface area contributed by atoms with E-state index in [4.69, 9.17) is 11.6 Å². The lowest BCUT2D eigenvalue weighted by molar-refractivity contribution is -0.123. The van der Waals surface area contributed by atoms with Crippen molar-refractivity contribution in [3.63, 3.8) is 0 Å². The smallest absolute Gasteiger partial charge is 0.230 e. The molecule has 0 saturated heterocycles. The molecule has 0 aromatic heterocycles. The van der Waals surface area contributed by atoms with Gasteiger partial charge in [-0.15, -0.1) is 11.6 Å². The molecular weight excluding hydrogens is 270 g/mol. The highest BCUT2D eigenvalue weighted by molar-refractivity contribution is 6.21. The summed E-state index contributed by atoms with van der Waals surface area (Å²) in [5.74, 6) is 0.128. The van der Waals surface area contributed by atoms with E-state index in [9.17, 15) is 4.79 Å². The summed E-state index contributed by atoms with van der Waals surface area (Å²) in [5, 5.41) is 3.03. The minimum Gasteiger partial charge on any atom is -0.354 e. The maximum absolute atomic E-state index is 12.4. The molecular formula is C17H24ClNO. The third-order valence-electron chi connectivity index (χ3n) is 3.83. The van der Waals surface area contributed by atoms with Gasteiger partial charge in [-0.1, -0.05) is 51.1 Å². The van der Waals surface area contributed by atoms with Crippen molar-refractivity contribution in [3.8, 4) is 0 Å². The van der Waals surface area contributed by atoms with E-state index in [1.54, 1.807) is 0 Å². The largest absolute Gasteiger partial charge is 0.354 e. The Hall–Kier alpha value is -1.02. The Labute approximate surface area is 126 Å². The zero-order chi connectivity index (χ0) is 14.8. The zero-order valence-electron chi connectivity index (χ0n) is 12.6. The summed E-state index contributed by atoms with van der Waals surface area (Å²) >= 11 is 6.31. The molecule has 1 fully saturated rings. The lowest BCUT2D eigenvalue weighted by atomic mass is 9.90. The number of amides is 1. The van der Waals surface area contributed by atoms with Gasteiger partial charge in [0, 0.05) is 6.54 Å². The van der Waals surface area contributed by atoms with Crippen LogP contribution >= 0.6 is 11.6 Å². The van der Waals surface area contributed by atoms with Gasteiger partial charge in [0.2, 0.25) is 5.91 Å². The van der Waals surface area contributed by atoms with E-state index >= 15 is 0 Å². The van der Waals surface area contributed by atoms with Gasteiger partial charge in [-0.25, -0.2) is 0 Å². The number of alkyl halides is 1. The molecule has 0 spiro atoms. The fraction of sp³-hybridized carbons (Fsp3) is 0.588. The van der Waals surface area contributed by atoms with E-state index in [0.29, 0.717) is 6.54 Å². The molecule has 0 bridgehead atoms. The molecule has 1 aliphatic rings. The molecule has 110 valence electrons. The van der Waals surface area contributed by atoms with Crippen LogP contribution in [0.1, 0.15) is 45.6 Å². The first kappa shape index (κ1) is 15.4. The molecule has 1 aromatic carbocycles. The Balaban J connectivity index is 1.90. The number of hydrogen-bond donors (Lipinski definition) is 1. The van der Waals surface area contributed by atoms with E-state index in [-0.39, 0.29) is 22.1 Å². The predicted octanol–water partition coefficient (Wildman–Crippen LogP) is 3.88. The summed E-state index contributed by atoms with van der Waals surface area (Å²) in [6.07, 6.45) is 2.78. The van der Waals surface area contributed by atoms with Crippen LogP contribution in [0.3, 0.4) is 0 Å². The van der Waals surface area contributed by atoms with Gasteiger partial charge < -0.3 is 5.32 Å². The summed E-state index contributed by atoms with van der Waals surface area (Å²) in [7, 11) is 0. The highest BCUT2D eigenvalue weighted by Gasteiger charge is 2.51. The van der Waals surface area contributed by atoms with Crippen LogP contribution in [0.4, 0.5) is 0 Å².